The van der Waals surface area contributed by atoms with Crippen molar-refractivity contribution in [3.05, 3.63) is 33.9 Å². The smallest absolute Gasteiger partial charge is 0.407 e. The number of hydrogen-bond acceptors (Lipinski definition) is 5. The van der Waals surface area contributed by atoms with Crippen molar-refractivity contribution in [2.24, 2.45) is 5.73 Å². The molecule has 1 aliphatic heterocycles. The molecule has 0 radical (unpaired) electrons. The van der Waals surface area contributed by atoms with Crippen LogP contribution in [0.3, 0.4) is 0 Å². The zero-order valence-corrected chi connectivity index (χ0v) is 11.1. The van der Waals surface area contributed by atoms with E-state index in [9.17, 15) is 19.7 Å². The quantitative estimate of drug-likeness (QED) is 0.616. The Morgan fingerprint density at radius 2 is 1.86 bits per heavy atom. The van der Waals surface area contributed by atoms with Crippen LogP contribution in [0.15, 0.2) is 18.2 Å². The van der Waals surface area contributed by atoms with Crippen LogP contribution in [0.5, 0.6) is 0 Å². The summed E-state index contributed by atoms with van der Waals surface area (Å²) in [6.45, 7) is 1.56. The Hall–Kier alpha value is -2.84. The summed E-state index contributed by atoms with van der Waals surface area (Å²) in [6, 6.07) is 4.14. The second kappa shape index (κ2) is 5.65. The molecule has 1 aromatic rings. The lowest BCUT2D eigenvalue weighted by Crippen LogP contribution is -2.48. The molecule has 0 saturated carbocycles. The zero-order chi connectivity index (χ0) is 15.6. The van der Waals surface area contributed by atoms with E-state index in [-0.39, 0.29) is 11.3 Å². The minimum absolute atomic E-state index is 0.154. The summed E-state index contributed by atoms with van der Waals surface area (Å²) in [7, 11) is 0. The second-order valence-corrected chi connectivity index (χ2v) is 4.58. The Morgan fingerprint density at radius 3 is 2.33 bits per heavy atom. The topological polar surface area (TPSA) is 130 Å². The highest BCUT2D eigenvalue weighted by Gasteiger charge is 2.24. The summed E-state index contributed by atoms with van der Waals surface area (Å²) in [5.41, 5.74) is 5.28. The fourth-order valence-electron chi connectivity index (χ4n) is 2.23. The molecule has 9 heteroatoms. The number of carbonyl (C=O) groups is 2. The van der Waals surface area contributed by atoms with E-state index in [1.165, 1.54) is 23.1 Å². The van der Waals surface area contributed by atoms with Gasteiger partial charge in [-0.3, -0.25) is 14.9 Å². The van der Waals surface area contributed by atoms with Crippen molar-refractivity contribution in [2.45, 2.75) is 0 Å². The Labute approximate surface area is 119 Å². The molecule has 3 N–H and O–H groups in total. The van der Waals surface area contributed by atoms with Gasteiger partial charge in [0, 0.05) is 37.9 Å². The number of benzene rings is 1. The van der Waals surface area contributed by atoms with Crippen LogP contribution in [0.25, 0.3) is 0 Å². The highest BCUT2D eigenvalue weighted by Crippen LogP contribution is 2.25. The van der Waals surface area contributed by atoms with Crippen molar-refractivity contribution in [1.82, 2.24) is 4.90 Å². The van der Waals surface area contributed by atoms with Crippen molar-refractivity contribution in [1.29, 1.82) is 0 Å². The van der Waals surface area contributed by atoms with Gasteiger partial charge in [-0.15, -0.1) is 0 Å². The molecular weight excluding hydrogens is 280 g/mol. The molecule has 2 amide bonds. The van der Waals surface area contributed by atoms with E-state index in [1.807, 2.05) is 4.90 Å². The molecule has 1 aromatic carbocycles. The van der Waals surface area contributed by atoms with Gasteiger partial charge in [0.15, 0.2) is 0 Å². The van der Waals surface area contributed by atoms with E-state index in [1.54, 1.807) is 0 Å². The predicted octanol–water partition coefficient (Wildman–Crippen LogP) is 0.494. The Morgan fingerprint density at radius 1 is 1.24 bits per heavy atom. The van der Waals surface area contributed by atoms with Crippen molar-refractivity contribution < 1.29 is 19.6 Å². The molecule has 2 rings (SSSR count). The van der Waals surface area contributed by atoms with E-state index in [0.717, 1.165) is 0 Å². The fraction of sp³-hybridized carbons (Fsp3) is 0.333. The summed E-state index contributed by atoms with van der Waals surface area (Å²) >= 11 is 0. The average Bonchev–Trinajstić information content (AvgIpc) is 2.46. The van der Waals surface area contributed by atoms with Crippen LogP contribution in [-0.4, -0.2) is 53.1 Å². The first-order chi connectivity index (χ1) is 9.90. The summed E-state index contributed by atoms with van der Waals surface area (Å²) < 4.78 is 0. The molecule has 1 aliphatic rings. The number of primary amides is 1. The lowest BCUT2D eigenvalue weighted by atomic mass is 10.1. The van der Waals surface area contributed by atoms with E-state index in [2.05, 4.69) is 0 Å². The third kappa shape index (κ3) is 3.02. The largest absolute Gasteiger partial charge is 0.465 e. The van der Waals surface area contributed by atoms with E-state index >= 15 is 0 Å². The SMILES string of the molecule is NC(=O)c1cc(N2CCN(C(=O)O)CC2)ccc1[N+](=O)[O-]. The number of nitro groups is 1. The molecule has 9 nitrogen and oxygen atoms in total. The summed E-state index contributed by atoms with van der Waals surface area (Å²) in [6.07, 6.45) is -0.976. The number of carboxylic acid groups (broad SMARTS) is 1. The van der Waals surface area contributed by atoms with Crippen LogP contribution in [-0.2, 0) is 0 Å². The van der Waals surface area contributed by atoms with Gasteiger partial charge in [0.1, 0.15) is 5.56 Å². The van der Waals surface area contributed by atoms with Gasteiger partial charge in [-0.25, -0.2) is 4.79 Å². The Bertz CT molecular complexity index is 595. The molecule has 0 aliphatic carbocycles. The monoisotopic (exact) mass is 294 g/mol. The van der Waals surface area contributed by atoms with E-state index in [0.29, 0.717) is 31.9 Å². The van der Waals surface area contributed by atoms with E-state index < -0.39 is 16.9 Å². The zero-order valence-electron chi connectivity index (χ0n) is 11.1. The number of hydrogen-bond donors (Lipinski definition) is 2. The maximum Gasteiger partial charge on any atom is 0.407 e. The maximum atomic E-state index is 11.3. The van der Waals surface area contributed by atoms with Gasteiger partial charge in [-0.1, -0.05) is 0 Å². The molecule has 0 spiro atoms. The van der Waals surface area contributed by atoms with Gasteiger partial charge in [-0.05, 0) is 12.1 Å². The minimum atomic E-state index is -0.976. The molecule has 21 heavy (non-hydrogen) atoms. The average molecular weight is 294 g/mol. The van der Waals surface area contributed by atoms with Crippen molar-refractivity contribution in [3.8, 4) is 0 Å². The Balaban J connectivity index is 2.22. The van der Waals surface area contributed by atoms with Crippen LogP contribution in [0.4, 0.5) is 16.2 Å². The highest BCUT2D eigenvalue weighted by molar-refractivity contribution is 5.98. The molecular formula is C12H14N4O5. The second-order valence-electron chi connectivity index (χ2n) is 4.58. The minimum Gasteiger partial charge on any atom is -0.465 e. The van der Waals surface area contributed by atoms with Gasteiger partial charge in [0.05, 0.1) is 4.92 Å². The van der Waals surface area contributed by atoms with Crippen molar-refractivity contribution in [3.63, 3.8) is 0 Å². The van der Waals surface area contributed by atoms with Crippen LogP contribution >= 0.6 is 0 Å². The fourth-order valence-corrected chi connectivity index (χ4v) is 2.23. The van der Waals surface area contributed by atoms with Gasteiger partial charge >= 0.3 is 6.09 Å². The summed E-state index contributed by atoms with van der Waals surface area (Å²) in [5.74, 6) is -0.868. The van der Waals surface area contributed by atoms with Gasteiger partial charge in [0.2, 0.25) is 0 Å². The molecule has 1 heterocycles. The molecule has 1 saturated heterocycles. The number of nitrogens with zero attached hydrogens (tertiary/aromatic N) is 3. The maximum absolute atomic E-state index is 11.3. The number of piperazine rings is 1. The van der Waals surface area contributed by atoms with Crippen molar-refractivity contribution in [2.75, 3.05) is 31.1 Å². The first-order valence-corrected chi connectivity index (χ1v) is 6.21. The number of nitrogens with two attached hydrogens (primary N) is 1. The number of carbonyl (C=O) groups excluding carboxylic acids is 1. The van der Waals surface area contributed by atoms with Crippen molar-refractivity contribution >= 4 is 23.4 Å². The first-order valence-electron chi connectivity index (χ1n) is 6.21. The Kier molecular flexibility index (Phi) is 3.92. The molecule has 0 atom stereocenters. The molecule has 0 unspecified atom stereocenters. The van der Waals surface area contributed by atoms with Gasteiger partial charge in [-0.2, -0.15) is 0 Å². The third-order valence-electron chi connectivity index (χ3n) is 3.36. The number of rotatable bonds is 3. The van der Waals surface area contributed by atoms with Gasteiger partial charge < -0.3 is 20.6 Å². The van der Waals surface area contributed by atoms with Crippen LogP contribution in [0, 0.1) is 10.1 Å². The highest BCUT2D eigenvalue weighted by atomic mass is 16.6. The van der Waals surface area contributed by atoms with E-state index in [4.69, 9.17) is 10.8 Å². The summed E-state index contributed by atoms with van der Waals surface area (Å²) in [4.78, 5) is 35.5. The number of nitro benzene ring substituents is 1. The normalized spacial score (nSPS) is 14.9. The number of amides is 2. The molecule has 112 valence electrons. The lowest BCUT2D eigenvalue weighted by Gasteiger charge is -2.34. The molecule has 0 bridgehead atoms. The lowest BCUT2D eigenvalue weighted by molar-refractivity contribution is -0.385. The standard InChI is InChI=1S/C12H14N4O5/c13-11(17)9-7-8(1-2-10(9)16(20)21)14-3-5-15(6-4-14)12(18)19/h1-2,7H,3-6H2,(H2,13,17)(H,18,19). The predicted molar refractivity (Wildman–Crippen MR) is 73.4 cm³/mol. The number of anilines is 1. The van der Waals surface area contributed by atoms with Crippen LogP contribution in [0.2, 0.25) is 0 Å². The third-order valence-corrected chi connectivity index (χ3v) is 3.36. The van der Waals surface area contributed by atoms with Gasteiger partial charge in [0.25, 0.3) is 11.6 Å². The summed E-state index contributed by atoms with van der Waals surface area (Å²) in [5, 5.41) is 19.7. The molecule has 1 fully saturated rings. The first kappa shape index (κ1) is 14.6. The molecule has 0 aromatic heterocycles. The van der Waals surface area contributed by atoms with Crippen LogP contribution < -0.4 is 10.6 Å². The van der Waals surface area contributed by atoms with Crippen LogP contribution in [0.1, 0.15) is 10.4 Å².